The summed E-state index contributed by atoms with van der Waals surface area (Å²) in [4.78, 5) is 17.3. The van der Waals surface area contributed by atoms with Gasteiger partial charge in [-0.25, -0.2) is 9.78 Å². The third-order valence-electron chi connectivity index (χ3n) is 2.83. The largest absolute Gasteiger partial charge is 0.444 e. The summed E-state index contributed by atoms with van der Waals surface area (Å²) in [6.45, 7) is 0.0186. The van der Waals surface area contributed by atoms with E-state index in [9.17, 15) is 9.90 Å². The summed E-state index contributed by atoms with van der Waals surface area (Å²) < 4.78 is 5.21. The number of carbonyl (C=O) groups excluding carboxylic acids is 1. The molecule has 1 aromatic heterocycles. The van der Waals surface area contributed by atoms with E-state index in [0.29, 0.717) is 11.4 Å². The molecule has 5 nitrogen and oxygen atoms in total. The zero-order valence-electron chi connectivity index (χ0n) is 11.2. The van der Waals surface area contributed by atoms with Gasteiger partial charge < -0.3 is 9.84 Å². The van der Waals surface area contributed by atoms with Crippen molar-refractivity contribution in [2.75, 3.05) is 11.9 Å². The second-order valence-corrected chi connectivity index (χ2v) is 4.24. The lowest BCUT2D eigenvalue weighted by Crippen LogP contribution is -2.28. The molecular weight excluding hydrogens is 256 g/mol. The number of rotatable bonds is 4. The van der Waals surface area contributed by atoms with Gasteiger partial charge in [0, 0.05) is 18.8 Å². The summed E-state index contributed by atoms with van der Waals surface area (Å²) in [5.41, 5.74) is 1.49. The first kappa shape index (κ1) is 14.0. The van der Waals surface area contributed by atoms with Gasteiger partial charge in [0.05, 0.1) is 6.61 Å². The smallest absolute Gasteiger partial charge is 0.415 e. The second-order valence-electron chi connectivity index (χ2n) is 4.24. The average molecular weight is 272 g/mol. The summed E-state index contributed by atoms with van der Waals surface area (Å²) in [6.07, 6.45) is 1.05. The highest BCUT2D eigenvalue weighted by Gasteiger charge is 2.16. The standard InChI is InChI=1S/C15H16N2O3/c1-17(14-13(10-18)8-5-9-16-14)15(19)20-11-12-6-3-2-4-7-12/h2-9,18H,10-11H2,1H3. The number of hydrogen-bond donors (Lipinski definition) is 1. The van der Waals surface area contributed by atoms with E-state index < -0.39 is 6.09 Å². The Morgan fingerprint density at radius 3 is 2.70 bits per heavy atom. The molecule has 0 atom stereocenters. The average Bonchev–Trinajstić information content (AvgIpc) is 2.52. The van der Waals surface area contributed by atoms with Gasteiger partial charge in [-0.1, -0.05) is 36.4 Å². The Morgan fingerprint density at radius 2 is 2.00 bits per heavy atom. The zero-order valence-corrected chi connectivity index (χ0v) is 11.2. The number of nitrogens with zero attached hydrogens (tertiary/aromatic N) is 2. The molecule has 1 aromatic carbocycles. The van der Waals surface area contributed by atoms with Crippen LogP contribution in [0.4, 0.5) is 10.6 Å². The number of pyridine rings is 1. The molecule has 104 valence electrons. The van der Waals surface area contributed by atoms with Crippen LogP contribution in [0.15, 0.2) is 48.7 Å². The van der Waals surface area contributed by atoms with Gasteiger partial charge >= 0.3 is 6.09 Å². The molecule has 0 aliphatic heterocycles. The van der Waals surface area contributed by atoms with Gasteiger partial charge in [0.2, 0.25) is 0 Å². The highest BCUT2D eigenvalue weighted by Crippen LogP contribution is 2.16. The van der Waals surface area contributed by atoms with Crippen molar-refractivity contribution >= 4 is 11.9 Å². The molecule has 0 spiro atoms. The summed E-state index contributed by atoms with van der Waals surface area (Å²) >= 11 is 0. The van der Waals surface area contributed by atoms with Crippen LogP contribution < -0.4 is 4.90 Å². The number of aliphatic hydroxyl groups excluding tert-OH is 1. The molecule has 0 saturated heterocycles. The Bertz CT molecular complexity index is 572. The van der Waals surface area contributed by atoms with Crippen LogP contribution in [0, 0.1) is 0 Å². The first-order valence-electron chi connectivity index (χ1n) is 6.21. The van der Waals surface area contributed by atoms with Crippen LogP contribution in [0.2, 0.25) is 0 Å². The van der Waals surface area contributed by atoms with E-state index in [0.717, 1.165) is 5.56 Å². The molecule has 0 fully saturated rings. The third kappa shape index (κ3) is 3.33. The number of aromatic nitrogens is 1. The molecule has 0 aliphatic carbocycles. The summed E-state index contributed by atoms with van der Waals surface area (Å²) in [5, 5.41) is 9.24. The molecule has 1 heterocycles. The van der Waals surface area contributed by atoms with E-state index in [1.807, 2.05) is 30.3 Å². The number of aliphatic hydroxyl groups is 1. The van der Waals surface area contributed by atoms with Crippen LogP contribution in [-0.2, 0) is 18.0 Å². The molecule has 0 aliphatic rings. The van der Waals surface area contributed by atoms with Gasteiger partial charge in [0.25, 0.3) is 0 Å². The van der Waals surface area contributed by atoms with Crippen molar-refractivity contribution in [2.24, 2.45) is 0 Å². The molecule has 0 radical (unpaired) electrons. The fourth-order valence-electron chi connectivity index (χ4n) is 1.76. The van der Waals surface area contributed by atoms with E-state index in [-0.39, 0.29) is 13.2 Å². The van der Waals surface area contributed by atoms with Crippen molar-refractivity contribution < 1.29 is 14.6 Å². The predicted molar refractivity (Wildman–Crippen MR) is 75.2 cm³/mol. The Balaban J connectivity index is 2.02. The van der Waals surface area contributed by atoms with Crippen molar-refractivity contribution in [1.82, 2.24) is 4.98 Å². The van der Waals surface area contributed by atoms with Crippen LogP contribution in [0.5, 0.6) is 0 Å². The van der Waals surface area contributed by atoms with E-state index in [1.165, 1.54) is 4.90 Å². The predicted octanol–water partition coefficient (Wildman–Crippen LogP) is 2.35. The fourth-order valence-corrected chi connectivity index (χ4v) is 1.76. The maximum absolute atomic E-state index is 12.0. The molecule has 2 rings (SSSR count). The van der Waals surface area contributed by atoms with Gasteiger partial charge in [-0.15, -0.1) is 0 Å². The second kappa shape index (κ2) is 6.68. The fraction of sp³-hybridized carbons (Fsp3) is 0.200. The molecule has 1 amide bonds. The Morgan fingerprint density at radius 1 is 1.25 bits per heavy atom. The van der Waals surface area contributed by atoms with Crippen LogP contribution in [-0.4, -0.2) is 23.2 Å². The van der Waals surface area contributed by atoms with Crippen molar-refractivity contribution in [3.05, 3.63) is 59.8 Å². The van der Waals surface area contributed by atoms with E-state index in [1.54, 1.807) is 25.4 Å². The van der Waals surface area contributed by atoms with Crippen LogP contribution >= 0.6 is 0 Å². The minimum absolute atomic E-state index is 0.181. The minimum atomic E-state index is -0.512. The summed E-state index contributed by atoms with van der Waals surface area (Å²) in [6, 6.07) is 12.9. The molecule has 0 bridgehead atoms. The third-order valence-corrected chi connectivity index (χ3v) is 2.83. The number of ether oxygens (including phenoxy) is 1. The molecule has 5 heteroatoms. The lowest BCUT2D eigenvalue weighted by atomic mass is 10.2. The zero-order chi connectivity index (χ0) is 14.4. The van der Waals surface area contributed by atoms with Gasteiger partial charge in [-0.3, -0.25) is 4.90 Å². The molecule has 0 saturated carbocycles. The molecular formula is C15H16N2O3. The Kier molecular flexibility index (Phi) is 4.68. The van der Waals surface area contributed by atoms with Gasteiger partial charge in [-0.05, 0) is 11.6 Å². The van der Waals surface area contributed by atoms with E-state index in [4.69, 9.17) is 4.74 Å². The lowest BCUT2D eigenvalue weighted by Gasteiger charge is -2.18. The first-order valence-corrected chi connectivity index (χ1v) is 6.21. The first-order chi connectivity index (χ1) is 9.72. The van der Waals surface area contributed by atoms with E-state index >= 15 is 0 Å². The SMILES string of the molecule is CN(C(=O)OCc1ccccc1)c1ncccc1CO. The Labute approximate surface area is 117 Å². The number of amides is 1. The Hall–Kier alpha value is -2.40. The quantitative estimate of drug-likeness (QED) is 0.928. The molecule has 2 aromatic rings. The lowest BCUT2D eigenvalue weighted by molar-refractivity contribution is 0.148. The van der Waals surface area contributed by atoms with E-state index in [2.05, 4.69) is 4.98 Å². The van der Waals surface area contributed by atoms with Gasteiger partial charge in [-0.2, -0.15) is 0 Å². The molecule has 0 unspecified atom stereocenters. The monoisotopic (exact) mass is 272 g/mol. The van der Waals surface area contributed by atoms with Crippen molar-refractivity contribution in [3.63, 3.8) is 0 Å². The number of hydrogen-bond acceptors (Lipinski definition) is 4. The van der Waals surface area contributed by atoms with Crippen LogP contribution in [0.3, 0.4) is 0 Å². The number of carbonyl (C=O) groups is 1. The van der Waals surface area contributed by atoms with Gasteiger partial charge in [0.1, 0.15) is 12.4 Å². The van der Waals surface area contributed by atoms with Crippen molar-refractivity contribution in [3.8, 4) is 0 Å². The summed E-state index contributed by atoms with van der Waals surface area (Å²) in [5.74, 6) is 0.396. The maximum atomic E-state index is 12.0. The highest BCUT2D eigenvalue weighted by molar-refractivity contribution is 5.86. The number of anilines is 1. The van der Waals surface area contributed by atoms with Gasteiger partial charge in [0.15, 0.2) is 0 Å². The minimum Gasteiger partial charge on any atom is -0.444 e. The summed E-state index contributed by atoms with van der Waals surface area (Å²) in [7, 11) is 1.56. The molecule has 20 heavy (non-hydrogen) atoms. The van der Waals surface area contributed by atoms with Crippen molar-refractivity contribution in [2.45, 2.75) is 13.2 Å². The number of benzene rings is 1. The van der Waals surface area contributed by atoms with Crippen LogP contribution in [0.25, 0.3) is 0 Å². The molecule has 1 N–H and O–H groups in total. The normalized spacial score (nSPS) is 10.1. The maximum Gasteiger partial charge on any atom is 0.415 e. The van der Waals surface area contributed by atoms with Crippen LogP contribution in [0.1, 0.15) is 11.1 Å². The topological polar surface area (TPSA) is 62.7 Å². The van der Waals surface area contributed by atoms with Crippen molar-refractivity contribution in [1.29, 1.82) is 0 Å². The highest BCUT2D eigenvalue weighted by atomic mass is 16.6.